The lowest BCUT2D eigenvalue weighted by Gasteiger charge is -2.12. The second-order valence-electron chi connectivity index (χ2n) is 4.96. The van der Waals surface area contributed by atoms with Gasteiger partial charge in [0.1, 0.15) is 12.4 Å². The van der Waals surface area contributed by atoms with Gasteiger partial charge in [-0.3, -0.25) is 0 Å². The van der Waals surface area contributed by atoms with Crippen molar-refractivity contribution in [2.75, 3.05) is 20.3 Å². The number of nitrogens with one attached hydrogen (secondary N) is 2. The predicted molar refractivity (Wildman–Crippen MR) is 86.1 cm³/mol. The number of nitrogens with two attached hydrogens (primary N) is 1. The summed E-state index contributed by atoms with van der Waals surface area (Å²) in [7, 11) is 1.64. The van der Waals surface area contributed by atoms with Crippen molar-refractivity contribution in [2.24, 2.45) is 5.73 Å². The molecule has 1 heterocycles. The molecule has 0 aliphatic rings. The van der Waals surface area contributed by atoms with Crippen LogP contribution in [0.1, 0.15) is 5.56 Å². The van der Waals surface area contributed by atoms with Gasteiger partial charge in [0.2, 0.25) is 0 Å². The molecule has 6 heteroatoms. The van der Waals surface area contributed by atoms with Gasteiger partial charge in [0.15, 0.2) is 0 Å². The van der Waals surface area contributed by atoms with Gasteiger partial charge in [0, 0.05) is 29.7 Å². The highest BCUT2D eigenvalue weighted by Crippen LogP contribution is 2.24. The van der Waals surface area contributed by atoms with Crippen LogP contribution < -0.4 is 15.8 Å². The van der Waals surface area contributed by atoms with Gasteiger partial charge < -0.3 is 25.5 Å². The number of aromatic nitrogens is 1. The van der Waals surface area contributed by atoms with Gasteiger partial charge in [-0.1, -0.05) is 12.7 Å². The number of carbonyl (C=O) groups excluding carboxylic acids is 1. The molecule has 0 aliphatic heterocycles. The topological polar surface area (TPSA) is 89.4 Å². The maximum atomic E-state index is 11.3. The average molecular weight is 303 g/mol. The zero-order chi connectivity index (χ0) is 15.9. The van der Waals surface area contributed by atoms with E-state index in [2.05, 4.69) is 16.9 Å². The Bertz CT molecular complexity index is 651. The van der Waals surface area contributed by atoms with Gasteiger partial charge in [0.05, 0.1) is 7.11 Å². The second kappa shape index (κ2) is 7.51. The van der Waals surface area contributed by atoms with Crippen LogP contribution in [0.2, 0.25) is 0 Å². The summed E-state index contributed by atoms with van der Waals surface area (Å²) < 4.78 is 10.1. The van der Waals surface area contributed by atoms with Crippen molar-refractivity contribution in [2.45, 2.75) is 12.5 Å². The lowest BCUT2D eigenvalue weighted by molar-refractivity contribution is 0.157. The number of aromatic amines is 1. The molecule has 1 atom stereocenters. The molecule has 0 fully saturated rings. The smallest absolute Gasteiger partial charge is 0.407 e. The first kappa shape index (κ1) is 15.9. The Kier molecular flexibility index (Phi) is 5.43. The molecule has 0 aliphatic carbocycles. The Morgan fingerprint density at radius 2 is 2.36 bits per heavy atom. The standard InChI is InChI=1S/C16H21N3O3/c1-3-6-22-16(20)19-10-12(17)7-11-9-18-15-5-4-13(21-2)8-14(11)15/h3-5,8-9,12,18H,1,6-7,10,17H2,2H3,(H,19,20). The van der Waals surface area contributed by atoms with E-state index in [-0.39, 0.29) is 12.6 Å². The fourth-order valence-corrected chi connectivity index (χ4v) is 2.21. The Balaban J connectivity index is 1.95. The average Bonchev–Trinajstić information content (AvgIpc) is 2.93. The van der Waals surface area contributed by atoms with E-state index in [9.17, 15) is 4.79 Å². The van der Waals surface area contributed by atoms with Crippen LogP contribution in [0, 0.1) is 0 Å². The highest BCUT2D eigenvalue weighted by atomic mass is 16.5. The lowest BCUT2D eigenvalue weighted by Crippen LogP contribution is -2.38. The van der Waals surface area contributed by atoms with Crippen molar-refractivity contribution >= 4 is 17.0 Å². The highest BCUT2D eigenvalue weighted by Gasteiger charge is 2.11. The van der Waals surface area contributed by atoms with E-state index in [0.29, 0.717) is 13.0 Å². The van der Waals surface area contributed by atoms with Gasteiger partial charge in [-0.05, 0) is 30.2 Å². The lowest BCUT2D eigenvalue weighted by atomic mass is 10.1. The van der Waals surface area contributed by atoms with Crippen LogP contribution in [0.15, 0.2) is 37.1 Å². The maximum absolute atomic E-state index is 11.3. The molecule has 6 nitrogen and oxygen atoms in total. The number of ether oxygens (including phenoxy) is 2. The first-order valence-electron chi connectivity index (χ1n) is 7.05. The van der Waals surface area contributed by atoms with Gasteiger partial charge in [-0.15, -0.1) is 0 Å². The van der Waals surface area contributed by atoms with E-state index in [1.54, 1.807) is 7.11 Å². The number of amides is 1. The van der Waals surface area contributed by atoms with E-state index in [1.807, 2.05) is 24.4 Å². The number of hydrogen-bond acceptors (Lipinski definition) is 4. The van der Waals surface area contributed by atoms with Crippen LogP contribution in [0.4, 0.5) is 4.79 Å². The van der Waals surface area contributed by atoms with E-state index in [4.69, 9.17) is 15.2 Å². The molecule has 2 rings (SSSR count). The number of benzene rings is 1. The number of hydrogen-bond donors (Lipinski definition) is 3. The maximum Gasteiger partial charge on any atom is 0.407 e. The summed E-state index contributed by atoms with van der Waals surface area (Å²) in [6, 6.07) is 5.63. The molecule has 0 radical (unpaired) electrons. The van der Waals surface area contributed by atoms with Crippen LogP contribution in [-0.4, -0.2) is 37.4 Å². The van der Waals surface area contributed by atoms with Gasteiger partial charge in [-0.25, -0.2) is 4.79 Å². The molecule has 118 valence electrons. The third kappa shape index (κ3) is 4.02. The van der Waals surface area contributed by atoms with Crippen molar-refractivity contribution in [3.8, 4) is 5.75 Å². The summed E-state index contributed by atoms with van der Waals surface area (Å²) >= 11 is 0. The minimum absolute atomic E-state index is 0.184. The van der Waals surface area contributed by atoms with Crippen molar-refractivity contribution < 1.29 is 14.3 Å². The first-order chi connectivity index (χ1) is 10.6. The summed E-state index contributed by atoms with van der Waals surface area (Å²) in [5, 5.41) is 3.70. The molecule has 1 aromatic heterocycles. The summed E-state index contributed by atoms with van der Waals surface area (Å²) in [6.45, 7) is 4.00. The second-order valence-corrected chi connectivity index (χ2v) is 4.96. The van der Waals surface area contributed by atoms with Crippen LogP contribution >= 0.6 is 0 Å². The zero-order valence-electron chi connectivity index (χ0n) is 12.6. The van der Waals surface area contributed by atoms with Crippen LogP contribution in [0.5, 0.6) is 5.75 Å². The monoisotopic (exact) mass is 303 g/mol. The number of carbonyl (C=O) groups is 1. The van der Waals surface area contributed by atoms with Crippen molar-refractivity contribution in [3.63, 3.8) is 0 Å². The van der Waals surface area contributed by atoms with Crippen molar-refractivity contribution in [1.29, 1.82) is 0 Å². The molecule has 2 aromatic rings. The van der Waals surface area contributed by atoms with E-state index < -0.39 is 6.09 Å². The molecule has 4 N–H and O–H groups in total. The Morgan fingerprint density at radius 1 is 1.55 bits per heavy atom. The zero-order valence-corrected chi connectivity index (χ0v) is 12.6. The van der Waals surface area contributed by atoms with Crippen LogP contribution in [0.3, 0.4) is 0 Å². The molecule has 1 amide bonds. The van der Waals surface area contributed by atoms with E-state index in [0.717, 1.165) is 22.2 Å². The molecule has 1 aromatic carbocycles. The predicted octanol–water partition coefficient (Wildman–Crippen LogP) is 1.96. The Morgan fingerprint density at radius 3 is 3.09 bits per heavy atom. The summed E-state index contributed by atoms with van der Waals surface area (Å²) in [5.41, 5.74) is 8.18. The van der Waals surface area contributed by atoms with Crippen LogP contribution in [0.25, 0.3) is 10.9 Å². The van der Waals surface area contributed by atoms with Gasteiger partial charge in [-0.2, -0.15) is 0 Å². The van der Waals surface area contributed by atoms with Crippen molar-refractivity contribution in [3.05, 3.63) is 42.6 Å². The normalized spacial score (nSPS) is 11.9. The van der Waals surface area contributed by atoms with Crippen molar-refractivity contribution in [1.82, 2.24) is 10.3 Å². The fraction of sp³-hybridized carbons (Fsp3) is 0.312. The molecule has 0 spiro atoms. The molecule has 22 heavy (non-hydrogen) atoms. The number of alkyl carbamates (subject to hydrolysis) is 1. The minimum atomic E-state index is -0.490. The number of rotatable bonds is 7. The number of methoxy groups -OCH3 is 1. The largest absolute Gasteiger partial charge is 0.497 e. The Labute approximate surface area is 129 Å². The Hall–Kier alpha value is -2.47. The molecular formula is C16H21N3O3. The molecule has 0 bridgehead atoms. The van der Waals surface area contributed by atoms with E-state index >= 15 is 0 Å². The number of fused-ring (bicyclic) bond motifs is 1. The van der Waals surface area contributed by atoms with Gasteiger partial charge >= 0.3 is 6.09 Å². The quantitative estimate of drug-likeness (QED) is 0.682. The third-order valence-corrected chi connectivity index (χ3v) is 3.30. The first-order valence-corrected chi connectivity index (χ1v) is 7.05. The van der Waals surface area contributed by atoms with Crippen LogP contribution in [-0.2, 0) is 11.2 Å². The van der Waals surface area contributed by atoms with Gasteiger partial charge in [0.25, 0.3) is 0 Å². The number of H-pyrrole nitrogens is 1. The third-order valence-electron chi connectivity index (χ3n) is 3.30. The molecular weight excluding hydrogens is 282 g/mol. The molecule has 1 unspecified atom stereocenters. The van der Waals surface area contributed by atoms with E-state index in [1.165, 1.54) is 6.08 Å². The molecule has 0 saturated heterocycles. The summed E-state index contributed by atoms with van der Waals surface area (Å²) in [6.07, 6.45) is 3.59. The fourth-order valence-electron chi connectivity index (χ4n) is 2.21. The SMILES string of the molecule is C=CCOC(=O)NCC(N)Cc1c[nH]c2ccc(OC)cc12. The minimum Gasteiger partial charge on any atom is -0.497 e. The summed E-state index contributed by atoms with van der Waals surface area (Å²) in [4.78, 5) is 14.5. The molecule has 0 saturated carbocycles. The highest BCUT2D eigenvalue weighted by molar-refractivity contribution is 5.84. The summed E-state index contributed by atoms with van der Waals surface area (Å²) in [5.74, 6) is 0.799.